The lowest BCUT2D eigenvalue weighted by Gasteiger charge is -2.39. The lowest BCUT2D eigenvalue weighted by Crippen LogP contribution is -2.67. The first-order chi connectivity index (χ1) is 21.3. The van der Waals surface area contributed by atoms with Crippen LogP contribution in [0, 0.1) is 0 Å². The predicted molar refractivity (Wildman–Crippen MR) is 172 cm³/mol. The van der Waals surface area contributed by atoms with Crippen LogP contribution >= 0.6 is 0 Å². The lowest BCUT2D eigenvalue weighted by atomic mass is 9.33. The van der Waals surface area contributed by atoms with Crippen LogP contribution in [0.15, 0.2) is 141 Å². The van der Waals surface area contributed by atoms with E-state index < -0.39 is 0 Å². The van der Waals surface area contributed by atoms with E-state index in [1.807, 2.05) is 69.8 Å². The van der Waals surface area contributed by atoms with E-state index in [0.717, 1.165) is 50.5 Å². The van der Waals surface area contributed by atoms with Gasteiger partial charge in [-0.15, -0.1) is 0 Å². The molecule has 0 atom stereocenters. The van der Waals surface area contributed by atoms with E-state index in [1.54, 1.807) is 0 Å². The number of nitrogens with zero attached hydrogens (tertiary/aromatic N) is 3. The average Bonchev–Trinajstić information content (AvgIpc) is 3.06. The van der Waals surface area contributed by atoms with Crippen molar-refractivity contribution in [1.29, 1.82) is 0 Å². The first-order valence-corrected chi connectivity index (χ1v) is 14.5. The zero-order chi connectivity index (χ0) is 28.2. The molecule has 6 nitrogen and oxygen atoms in total. The molecule has 5 aromatic carbocycles. The molecule has 43 heavy (non-hydrogen) atoms. The van der Waals surface area contributed by atoms with Crippen LogP contribution in [0.4, 0.5) is 0 Å². The maximum atomic E-state index is 15.0. The number of para-hydroxylation sites is 5. The molecule has 0 N–H and O–H groups in total. The van der Waals surface area contributed by atoms with Gasteiger partial charge >= 0.3 is 5.69 Å². The molecule has 0 spiro atoms. The molecule has 0 unspecified atom stereocenters. The number of fused-ring (bicyclic) bond motifs is 4. The van der Waals surface area contributed by atoms with Gasteiger partial charge in [-0.2, -0.15) is 0 Å². The zero-order valence-electron chi connectivity index (χ0n) is 22.8. The third-order valence-corrected chi connectivity index (χ3v) is 9.06. The number of aromatic nitrogens is 3. The second kappa shape index (κ2) is 8.23. The fourth-order valence-corrected chi connectivity index (χ4v) is 7.37. The Hall–Kier alpha value is -5.62. The van der Waals surface area contributed by atoms with Crippen LogP contribution in [0.5, 0.6) is 0 Å². The van der Waals surface area contributed by atoms with Gasteiger partial charge in [-0.3, -0.25) is 4.57 Å². The highest BCUT2D eigenvalue weighted by molar-refractivity contribution is 7.00. The quantitative estimate of drug-likeness (QED) is 0.188. The van der Waals surface area contributed by atoms with Crippen molar-refractivity contribution in [3.63, 3.8) is 0 Å². The van der Waals surface area contributed by atoms with Gasteiger partial charge in [-0.05, 0) is 35.2 Å². The molecule has 0 radical (unpaired) electrons. The Labute approximate surface area is 246 Å². The van der Waals surface area contributed by atoms with Crippen molar-refractivity contribution >= 4 is 68.8 Å². The molecule has 0 saturated carbocycles. The van der Waals surface area contributed by atoms with Crippen LogP contribution in [0.1, 0.15) is 0 Å². The van der Waals surface area contributed by atoms with Crippen molar-refractivity contribution in [2.45, 2.75) is 0 Å². The third kappa shape index (κ3) is 2.87. The molecular formula is C35H21B2N3O3. The summed E-state index contributed by atoms with van der Waals surface area (Å²) in [5, 5.41) is 0. The summed E-state index contributed by atoms with van der Waals surface area (Å²) in [5.74, 6) is 1.44. The van der Waals surface area contributed by atoms with Crippen LogP contribution < -0.4 is 38.9 Å². The largest absolute Gasteiger partial charge is 0.465 e. The average molecular weight is 553 g/mol. The number of benzene rings is 5. The SMILES string of the molecule is O=c1n2c3ccccc3oc3c-2n2c4c(oc5ccccc5n1-4)B(c1ccccc1)c1cccc(c1-2)B3c1ccccc1. The van der Waals surface area contributed by atoms with Crippen molar-refractivity contribution in [2.24, 2.45) is 0 Å². The summed E-state index contributed by atoms with van der Waals surface area (Å²) in [6.07, 6.45) is 0. The molecule has 0 aliphatic carbocycles. The van der Waals surface area contributed by atoms with E-state index in [1.165, 1.54) is 0 Å². The minimum atomic E-state index is -0.215. The highest BCUT2D eigenvalue weighted by Gasteiger charge is 2.47. The first kappa shape index (κ1) is 23.0. The Morgan fingerprint density at radius 3 is 1.40 bits per heavy atom. The Morgan fingerprint density at radius 2 is 0.907 bits per heavy atom. The summed E-state index contributed by atoms with van der Waals surface area (Å²) in [7, 11) is 0. The summed E-state index contributed by atoms with van der Waals surface area (Å²) in [6, 6.07) is 43.0. The van der Waals surface area contributed by atoms with Gasteiger partial charge in [0.2, 0.25) is 0 Å². The Morgan fingerprint density at radius 1 is 0.465 bits per heavy atom. The zero-order valence-corrected chi connectivity index (χ0v) is 22.8. The van der Waals surface area contributed by atoms with Crippen LogP contribution in [0.2, 0.25) is 0 Å². The van der Waals surface area contributed by atoms with Gasteiger partial charge in [-0.1, -0.05) is 114 Å². The van der Waals surface area contributed by atoms with Gasteiger partial charge in [0.25, 0.3) is 13.4 Å². The van der Waals surface area contributed by atoms with E-state index in [2.05, 4.69) is 71.3 Å². The summed E-state index contributed by atoms with van der Waals surface area (Å²) in [4.78, 5) is 15.0. The van der Waals surface area contributed by atoms with Gasteiger partial charge in [0, 0.05) is 5.69 Å². The number of hydrogen-bond donors (Lipinski definition) is 0. The fourth-order valence-electron chi connectivity index (χ4n) is 7.37. The molecule has 8 heteroatoms. The van der Waals surface area contributed by atoms with E-state index in [0.29, 0.717) is 22.2 Å². The highest BCUT2D eigenvalue weighted by Crippen LogP contribution is 2.31. The maximum Gasteiger partial charge on any atom is 0.340 e. The van der Waals surface area contributed by atoms with Crippen molar-refractivity contribution in [3.05, 3.63) is 138 Å². The Bertz CT molecular complexity index is 2280. The topological polar surface area (TPSA) is 58.1 Å². The molecule has 10 rings (SSSR count). The summed E-state index contributed by atoms with van der Waals surface area (Å²) < 4.78 is 19.5. The smallest absolute Gasteiger partial charge is 0.340 e. The van der Waals surface area contributed by atoms with Gasteiger partial charge < -0.3 is 8.83 Å². The highest BCUT2D eigenvalue weighted by atomic mass is 16.3. The van der Waals surface area contributed by atoms with E-state index in [-0.39, 0.29) is 19.1 Å². The molecule has 0 bridgehead atoms. The van der Waals surface area contributed by atoms with Crippen molar-refractivity contribution in [1.82, 2.24) is 13.7 Å². The molecule has 5 aliphatic heterocycles. The maximum absolute atomic E-state index is 15.0. The number of hydrogen-bond acceptors (Lipinski definition) is 3. The summed E-state index contributed by atoms with van der Waals surface area (Å²) in [5.41, 5.74) is 9.57. The second-order valence-corrected chi connectivity index (χ2v) is 11.3. The van der Waals surface area contributed by atoms with Crippen LogP contribution in [0.3, 0.4) is 0 Å². The summed E-state index contributed by atoms with van der Waals surface area (Å²) >= 11 is 0. The molecule has 0 saturated heterocycles. The normalized spacial score (nSPS) is 13.1. The first-order valence-electron chi connectivity index (χ1n) is 14.5. The van der Waals surface area contributed by atoms with Crippen LogP contribution in [0.25, 0.3) is 39.5 Å². The van der Waals surface area contributed by atoms with E-state index >= 15 is 0 Å². The molecule has 5 aliphatic rings. The van der Waals surface area contributed by atoms with E-state index in [4.69, 9.17) is 8.83 Å². The lowest BCUT2D eigenvalue weighted by molar-refractivity contribution is 0.586. The predicted octanol–water partition coefficient (Wildman–Crippen LogP) is 2.57. The van der Waals surface area contributed by atoms with Gasteiger partial charge in [0.15, 0.2) is 11.6 Å². The third-order valence-electron chi connectivity index (χ3n) is 9.06. The molecule has 0 aromatic heterocycles. The van der Waals surface area contributed by atoms with Crippen LogP contribution in [-0.2, 0) is 0 Å². The number of rotatable bonds is 2. The minimum absolute atomic E-state index is 0.163. The Kier molecular flexibility index (Phi) is 4.40. The second-order valence-electron chi connectivity index (χ2n) is 11.3. The molecule has 0 amide bonds. The molecule has 200 valence electrons. The Balaban J connectivity index is 1.51. The van der Waals surface area contributed by atoms with Crippen molar-refractivity contribution in [3.8, 4) is 17.3 Å². The van der Waals surface area contributed by atoms with Crippen molar-refractivity contribution < 1.29 is 8.83 Å². The monoisotopic (exact) mass is 553 g/mol. The van der Waals surface area contributed by atoms with Gasteiger partial charge in [0.05, 0.1) is 11.0 Å². The van der Waals surface area contributed by atoms with Gasteiger partial charge in [0.1, 0.15) is 22.5 Å². The summed E-state index contributed by atoms with van der Waals surface area (Å²) in [6.45, 7) is -0.430. The van der Waals surface area contributed by atoms with E-state index in [9.17, 15) is 4.79 Å². The standard InChI is InChI=1S/C35H21B2N3O3/c41-35-38-26-18-7-9-20-28(26)42-31-33(38)40-30-24(36(31)22-12-3-1-4-13-22)16-11-17-25(30)37(23-14-5-2-6-15-23)32-34(40)39(35)27-19-8-10-21-29(27)43-32/h1-21H. The van der Waals surface area contributed by atoms with Crippen LogP contribution in [-0.4, -0.2) is 27.1 Å². The van der Waals surface area contributed by atoms with Gasteiger partial charge in [-0.25, -0.2) is 13.9 Å². The molecule has 5 aromatic rings. The fraction of sp³-hybridized carbons (Fsp3) is 0. The molecule has 0 fully saturated rings. The molecule has 5 heterocycles. The molecular weight excluding hydrogens is 532 g/mol. The minimum Gasteiger partial charge on any atom is -0.465 e. The van der Waals surface area contributed by atoms with Crippen molar-refractivity contribution in [2.75, 3.05) is 0 Å².